The van der Waals surface area contributed by atoms with Crippen LogP contribution in [0.5, 0.6) is 5.88 Å². The molecule has 1 aromatic heterocycles. The molecule has 0 aliphatic carbocycles. The fourth-order valence-electron chi connectivity index (χ4n) is 1.70. The van der Waals surface area contributed by atoms with E-state index in [0.717, 1.165) is 5.69 Å². The van der Waals surface area contributed by atoms with Gasteiger partial charge < -0.3 is 21.5 Å². The van der Waals surface area contributed by atoms with Crippen molar-refractivity contribution in [2.45, 2.75) is 6.92 Å². The quantitative estimate of drug-likeness (QED) is 0.721. The van der Waals surface area contributed by atoms with E-state index in [1.54, 1.807) is 30.5 Å². The fourth-order valence-corrected chi connectivity index (χ4v) is 1.70. The zero-order valence-electron chi connectivity index (χ0n) is 11.1. The van der Waals surface area contributed by atoms with E-state index in [-0.39, 0.29) is 5.56 Å². The Hall–Kier alpha value is -2.76. The van der Waals surface area contributed by atoms with Crippen molar-refractivity contribution in [3.05, 3.63) is 42.1 Å². The van der Waals surface area contributed by atoms with Crippen molar-refractivity contribution in [3.8, 4) is 5.88 Å². The molecule has 104 valence electrons. The number of amides is 1. The first-order valence-electron chi connectivity index (χ1n) is 6.15. The smallest absolute Gasteiger partial charge is 0.250 e. The van der Waals surface area contributed by atoms with Crippen molar-refractivity contribution < 1.29 is 9.53 Å². The molecule has 0 aliphatic heterocycles. The van der Waals surface area contributed by atoms with Crippen molar-refractivity contribution in [1.82, 2.24) is 4.98 Å². The van der Waals surface area contributed by atoms with Crippen LogP contribution in [0.1, 0.15) is 17.3 Å². The van der Waals surface area contributed by atoms with Crippen molar-refractivity contribution in [2.24, 2.45) is 5.73 Å². The second-order valence-electron chi connectivity index (χ2n) is 4.11. The highest BCUT2D eigenvalue weighted by atomic mass is 16.5. The van der Waals surface area contributed by atoms with Crippen LogP contribution in [0.25, 0.3) is 0 Å². The van der Waals surface area contributed by atoms with Gasteiger partial charge in [0.1, 0.15) is 0 Å². The van der Waals surface area contributed by atoms with Crippen LogP contribution in [0.15, 0.2) is 36.5 Å². The summed E-state index contributed by atoms with van der Waals surface area (Å²) in [5.41, 5.74) is 13.1. The van der Waals surface area contributed by atoms with E-state index in [0.29, 0.717) is 23.9 Å². The van der Waals surface area contributed by atoms with Gasteiger partial charge in [-0.2, -0.15) is 0 Å². The van der Waals surface area contributed by atoms with Gasteiger partial charge in [0.25, 0.3) is 5.91 Å². The van der Waals surface area contributed by atoms with E-state index >= 15 is 0 Å². The van der Waals surface area contributed by atoms with Gasteiger partial charge in [0.05, 0.1) is 24.1 Å². The lowest BCUT2D eigenvalue weighted by Crippen LogP contribution is -2.13. The number of hydrogen-bond acceptors (Lipinski definition) is 5. The van der Waals surface area contributed by atoms with Crippen molar-refractivity contribution in [2.75, 3.05) is 17.7 Å². The van der Waals surface area contributed by atoms with Crippen LogP contribution in [-0.4, -0.2) is 17.5 Å². The number of rotatable bonds is 5. The number of benzene rings is 1. The first-order chi connectivity index (χ1) is 9.60. The first-order valence-corrected chi connectivity index (χ1v) is 6.15. The van der Waals surface area contributed by atoms with E-state index < -0.39 is 5.91 Å². The normalized spacial score (nSPS) is 10.1. The molecular formula is C14H16N4O2. The molecular weight excluding hydrogens is 256 g/mol. The number of nitrogens with two attached hydrogens (primary N) is 2. The number of hydrogen-bond donors (Lipinski definition) is 3. The number of carbonyl (C=O) groups is 1. The molecule has 0 atom stereocenters. The minimum absolute atomic E-state index is 0.286. The maximum Gasteiger partial charge on any atom is 0.250 e. The van der Waals surface area contributed by atoms with Gasteiger partial charge in [-0.25, -0.2) is 4.98 Å². The van der Waals surface area contributed by atoms with Crippen molar-refractivity contribution in [3.63, 3.8) is 0 Å². The number of carbonyl (C=O) groups excluding carboxylic acids is 1. The summed E-state index contributed by atoms with van der Waals surface area (Å²) in [6.07, 6.45) is 1.64. The van der Waals surface area contributed by atoms with Gasteiger partial charge in [-0.3, -0.25) is 4.79 Å². The molecule has 0 unspecified atom stereocenters. The molecule has 2 aromatic rings. The average molecular weight is 272 g/mol. The maximum atomic E-state index is 11.2. The fraction of sp³-hybridized carbons (Fsp3) is 0.143. The number of anilines is 3. The van der Waals surface area contributed by atoms with Crippen LogP contribution in [0.2, 0.25) is 0 Å². The van der Waals surface area contributed by atoms with E-state index in [4.69, 9.17) is 16.2 Å². The summed E-state index contributed by atoms with van der Waals surface area (Å²) in [5.74, 6) is 0.00384. The highest BCUT2D eigenvalue weighted by molar-refractivity contribution is 5.99. The Kier molecular flexibility index (Phi) is 4.05. The number of ether oxygens (including phenoxy) is 1. The highest BCUT2D eigenvalue weighted by Crippen LogP contribution is 2.21. The Labute approximate surface area is 116 Å². The summed E-state index contributed by atoms with van der Waals surface area (Å²) in [6, 6.07) is 8.59. The molecule has 0 spiro atoms. The molecule has 20 heavy (non-hydrogen) atoms. The van der Waals surface area contributed by atoms with Crippen LogP contribution in [0.4, 0.5) is 17.1 Å². The standard InChI is InChI=1S/C14H16N4O2/c1-2-20-13-6-4-10(8-17-13)18-9-3-5-12(15)11(7-9)14(16)19/h3-8,18H,2,15H2,1H3,(H2,16,19). The second-order valence-corrected chi connectivity index (χ2v) is 4.11. The Bertz CT molecular complexity index is 611. The summed E-state index contributed by atoms with van der Waals surface area (Å²) in [7, 11) is 0. The number of aromatic nitrogens is 1. The summed E-state index contributed by atoms with van der Waals surface area (Å²) in [6.45, 7) is 2.47. The summed E-state index contributed by atoms with van der Waals surface area (Å²) in [5, 5.41) is 3.11. The Morgan fingerprint density at radius 2 is 2.05 bits per heavy atom. The predicted molar refractivity (Wildman–Crippen MR) is 78.1 cm³/mol. The third kappa shape index (κ3) is 3.17. The van der Waals surface area contributed by atoms with Crippen LogP contribution >= 0.6 is 0 Å². The molecule has 1 heterocycles. The van der Waals surface area contributed by atoms with Crippen LogP contribution < -0.4 is 21.5 Å². The highest BCUT2D eigenvalue weighted by Gasteiger charge is 2.07. The third-order valence-corrected chi connectivity index (χ3v) is 2.64. The molecule has 6 heteroatoms. The molecule has 6 nitrogen and oxygen atoms in total. The summed E-state index contributed by atoms with van der Waals surface area (Å²) >= 11 is 0. The van der Waals surface area contributed by atoms with Gasteiger partial charge in [-0.05, 0) is 31.2 Å². The molecule has 0 radical (unpaired) electrons. The van der Waals surface area contributed by atoms with E-state index in [2.05, 4.69) is 10.3 Å². The second kappa shape index (κ2) is 5.92. The Balaban J connectivity index is 2.17. The molecule has 0 saturated carbocycles. The molecule has 5 N–H and O–H groups in total. The lowest BCUT2D eigenvalue weighted by Gasteiger charge is -2.09. The predicted octanol–water partition coefficient (Wildman–Crippen LogP) is 1.90. The topological polar surface area (TPSA) is 103 Å². The zero-order valence-corrected chi connectivity index (χ0v) is 11.1. The monoisotopic (exact) mass is 272 g/mol. The van der Waals surface area contributed by atoms with E-state index in [1.165, 1.54) is 0 Å². The largest absolute Gasteiger partial charge is 0.478 e. The van der Waals surface area contributed by atoms with Crippen LogP contribution in [-0.2, 0) is 0 Å². The molecule has 0 aliphatic rings. The number of primary amides is 1. The van der Waals surface area contributed by atoms with E-state index in [9.17, 15) is 4.79 Å². The Morgan fingerprint density at radius 1 is 1.30 bits per heavy atom. The number of nitrogens with one attached hydrogen (secondary N) is 1. The number of nitrogen functional groups attached to an aromatic ring is 1. The van der Waals surface area contributed by atoms with Gasteiger partial charge in [-0.1, -0.05) is 0 Å². The SMILES string of the molecule is CCOc1ccc(Nc2ccc(N)c(C(N)=O)c2)cn1. The van der Waals surface area contributed by atoms with Crippen molar-refractivity contribution >= 4 is 23.0 Å². The van der Waals surface area contributed by atoms with Gasteiger partial charge in [-0.15, -0.1) is 0 Å². The molecule has 0 fully saturated rings. The summed E-state index contributed by atoms with van der Waals surface area (Å²) < 4.78 is 5.26. The van der Waals surface area contributed by atoms with Gasteiger partial charge in [0.15, 0.2) is 0 Å². The lowest BCUT2D eigenvalue weighted by molar-refractivity contribution is 0.100. The maximum absolute atomic E-state index is 11.2. The van der Waals surface area contributed by atoms with Crippen molar-refractivity contribution in [1.29, 1.82) is 0 Å². The van der Waals surface area contributed by atoms with Gasteiger partial charge in [0, 0.05) is 17.4 Å². The molecule has 0 saturated heterocycles. The van der Waals surface area contributed by atoms with Gasteiger partial charge in [0.2, 0.25) is 5.88 Å². The van der Waals surface area contributed by atoms with E-state index in [1.807, 2.05) is 13.0 Å². The molecule has 2 rings (SSSR count). The number of nitrogens with zero attached hydrogens (tertiary/aromatic N) is 1. The summed E-state index contributed by atoms with van der Waals surface area (Å²) in [4.78, 5) is 15.4. The minimum Gasteiger partial charge on any atom is -0.478 e. The Morgan fingerprint density at radius 3 is 2.65 bits per heavy atom. The zero-order chi connectivity index (χ0) is 14.5. The number of pyridine rings is 1. The van der Waals surface area contributed by atoms with Gasteiger partial charge >= 0.3 is 0 Å². The minimum atomic E-state index is -0.559. The first kappa shape index (κ1) is 13.7. The molecule has 1 aromatic carbocycles. The lowest BCUT2D eigenvalue weighted by atomic mass is 10.1. The van der Waals surface area contributed by atoms with Crippen LogP contribution in [0.3, 0.4) is 0 Å². The third-order valence-electron chi connectivity index (χ3n) is 2.64. The molecule has 0 bridgehead atoms. The average Bonchev–Trinajstić information content (AvgIpc) is 2.43. The van der Waals surface area contributed by atoms with Crippen LogP contribution in [0, 0.1) is 0 Å². The molecule has 1 amide bonds.